The second-order valence-corrected chi connectivity index (χ2v) is 4.18. The summed E-state index contributed by atoms with van der Waals surface area (Å²) in [5.41, 5.74) is 0. The van der Waals surface area contributed by atoms with E-state index in [1.807, 2.05) is 0 Å². The van der Waals surface area contributed by atoms with Crippen molar-refractivity contribution in [2.75, 3.05) is 40.1 Å². The lowest BCUT2D eigenvalue weighted by Gasteiger charge is -2.29. The van der Waals surface area contributed by atoms with Crippen LogP contribution in [0.25, 0.3) is 0 Å². The van der Waals surface area contributed by atoms with Crippen LogP contribution < -0.4 is 5.32 Å². The Morgan fingerprint density at radius 2 is 2.19 bits per heavy atom. The fourth-order valence-corrected chi connectivity index (χ4v) is 1.93. The van der Waals surface area contributed by atoms with E-state index in [-0.39, 0.29) is 0 Å². The zero-order chi connectivity index (χ0) is 11.6. The van der Waals surface area contributed by atoms with Crippen molar-refractivity contribution >= 4 is 0 Å². The minimum Gasteiger partial charge on any atom is -0.382 e. The van der Waals surface area contributed by atoms with Crippen LogP contribution in [0.15, 0.2) is 0 Å². The molecule has 1 aliphatic heterocycles. The average Bonchev–Trinajstić information content (AvgIpc) is 2.34. The molecule has 2 unspecified atom stereocenters. The highest BCUT2D eigenvalue weighted by molar-refractivity contribution is 4.75. The molecule has 4 heteroatoms. The molecule has 0 amide bonds. The number of hydrogen-bond donors (Lipinski definition) is 1. The van der Waals surface area contributed by atoms with Gasteiger partial charge >= 0.3 is 0 Å². The smallest absolute Gasteiger partial charge is 0.0700 e. The van der Waals surface area contributed by atoms with Crippen LogP contribution in [-0.4, -0.2) is 52.2 Å². The molecule has 0 spiro atoms. The summed E-state index contributed by atoms with van der Waals surface area (Å²) in [5.74, 6) is 0. The third-order valence-electron chi connectivity index (χ3n) is 2.93. The van der Waals surface area contributed by atoms with Crippen LogP contribution in [0.4, 0.5) is 0 Å². The van der Waals surface area contributed by atoms with Crippen LogP contribution in [0.1, 0.15) is 26.2 Å². The number of nitrogens with one attached hydrogen (secondary N) is 1. The molecule has 1 rings (SSSR count). The number of hydrogen-bond acceptors (Lipinski definition) is 4. The highest BCUT2D eigenvalue weighted by atomic mass is 16.5. The summed E-state index contributed by atoms with van der Waals surface area (Å²) >= 11 is 0. The summed E-state index contributed by atoms with van der Waals surface area (Å²) in [4.78, 5) is 0. The Bertz CT molecular complexity index is 166. The van der Waals surface area contributed by atoms with Crippen LogP contribution in [0.5, 0.6) is 0 Å². The van der Waals surface area contributed by atoms with E-state index < -0.39 is 0 Å². The maximum absolute atomic E-state index is 5.63. The predicted molar refractivity (Wildman–Crippen MR) is 63.8 cm³/mol. The van der Waals surface area contributed by atoms with E-state index >= 15 is 0 Å². The Kier molecular flexibility index (Phi) is 7.76. The molecule has 2 atom stereocenters. The first-order valence-corrected chi connectivity index (χ1v) is 6.28. The number of ether oxygens (including phenoxy) is 3. The highest BCUT2D eigenvalue weighted by Gasteiger charge is 2.20. The van der Waals surface area contributed by atoms with Gasteiger partial charge < -0.3 is 19.5 Å². The first kappa shape index (κ1) is 13.9. The van der Waals surface area contributed by atoms with Gasteiger partial charge in [0.1, 0.15) is 0 Å². The monoisotopic (exact) mass is 231 g/mol. The van der Waals surface area contributed by atoms with Gasteiger partial charge in [-0.1, -0.05) is 6.92 Å². The van der Waals surface area contributed by atoms with Crippen LogP contribution in [0, 0.1) is 0 Å². The Hall–Kier alpha value is -0.160. The molecule has 0 aromatic carbocycles. The zero-order valence-electron chi connectivity index (χ0n) is 10.5. The molecular weight excluding hydrogens is 206 g/mol. The van der Waals surface area contributed by atoms with Crippen molar-refractivity contribution < 1.29 is 14.2 Å². The normalized spacial score (nSPS) is 25.9. The highest BCUT2D eigenvalue weighted by Crippen LogP contribution is 2.15. The lowest BCUT2D eigenvalue weighted by molar-refractivity contribution is -0.00189. The third-order valence-corrected chi connectivity index (χ3v) is 2.93. The second kappa shape index (κ2) is 8.93. The van der Waals surface area contributed by atoms with E-state index in [2.05, 4.69) is 12.2 Å². The van der Waals surface area contributed by atoms with E-state index in [9.17, 15) is 0 Å². The lowest BCUT2D eigenvalue weighted by Crippen LogP contribution is -2.40. The summed E-state index contributed by atoms with van der Waals surface area (Å²) in [5, 5.41) is 3.52. The molecule has 0 aliphatic carbocycles. The number of methoxy groups -OCH3 is 1. The minimum absolute atomic E-state index is 0.445. The maximum Gasteiger partial charge on any atom is 0.0700 e. The van der Waals surface area contributed by atoms with Gasteiger partial charge in [0.15, 0.2) is 0 Å². The summed E-state index contributed by atoms with van der Waals surface area (Å²) in [6, 6.07) is 0.602. The molecule has 1 N–H and O–H groups in total. The molecule has 0 aromatic heterocycles. The second-order valence-electron chi connectivity index (χ2n) is 4.18. The average molecular weight is 231 g/mol. The van der Waals surface area contributed by atoms with Gasteiger partial charge in [-0.15, -0.1) is 0 Å². The summed E-state index contributed by atoms with van der Waals surface area (Å²) in [6.07, 6.45) is 3.81. The molecular formula is C12H25NO3. The van der Waals surface area contributed by atoms with Crippen molar-refractivity contribution in [2.45, 2.75) is 38.3 Å². The van der Waals surface area contributed by atoms with Gasteiger partial charge in [-0.25, -0.2) is 0 Å². The van der Waals surface area contributed by atoms with Crippen LogP contribution >= 0.6 is 0 Å². The Morgan fingerprint density at radius 1 is 1.31 bits per heavy atom. The van der Waals surface area contributed by atoms with Crippen molar-refractivity contribution in [1.29, 1.82) is 0 Å². The van der Waals surface area contributed by atoms with E-state index in [1.165, 1.54) is 0 Å². The van der Waals surface area contributed by atoms with Crippen LogP contribution in [0.3, 0.4) is 0 Å². The van der Waals surface area contributed by atoms with Gasteiger partial charge in [0.2, 0.25) is 0 Å². The lowest BCUT2D eigenvalue weighted by atomic mass is 10.0. The van der Waals surface area contributed by atoms with Gasteiger partial charge in [-0.3, -0.25) is 0 Å². The minimum atomic E-state index is 0.445. The molecule has 1 aliphatic rings. The molecule has 1 fully saturated rings. The summed E-state index contributed by atoms with van der Waals surface area (Å²) < 4.78 is 15.9. The van der Waals surface area contributed by atoms with Gasteiger partial charge in [-0.2, -0.15) is 0 Å². The van der Waals surface area contributed by atoms with Crippen molar-refractivity contribution in [3.05, 3.63) is 0 Å². The van der Waals surface area contributed by atoms with Crippen LogP contribution in [0.2, 0.25) is 0 Å². The summed E-state index contributed by atoms with van der Waals surface area (Å²) in [7, 11) is 1.69. The van der Waals surface area contributed by atoms with Crippen LogP contribution in [-0.2, 0) is 14.2 Å². The SMILES string of the molecule is CCC1CC(NCCOCCOC)CCO1. The fraction of sp³-hybridized carbons (Fsp3) is 1.00. The van der Waals surface area contributed by atoms with E-state index in [4.69, 9.17) is 14.2 Å². The molecule has 4 nitrogen and oxygen atoms in total. The largest absolute Gasteiger partial charge is 0.382 e. The molecule has 96 valence electrons. The van der Waals surface area contributed by atoms with Crippen molar-refractivity contribution in [3.63, 3.8) is 0 Å². The predicted octanol–water partition coefficient (Wildman–Crippen LogP) is 1.20. The van der Waals surface area contributed by atoms with E-state index in [1.54, 1.807) is 7.11 Å². The Morgan fingerprint density at radius 3 is 2.94 bits per heavy atom. The fourth-order valence-electron chi connectivity index (χ4n) is 1.93. The van der Waals surface area contributed by atoms with Crippen molar-refractivity contribution in [3.8, 4) is 0 Å². The zero-order valence-corrected chi connectivity index (χ0v) is 10.5. The van der Waals surface area contributed by atoms with E-state index in [0.29, 0.717) is 25.4 Å². The van der Waals surface area contributed by atoms with E-state index in [0.717, 1.165) is 39.0 Å². The Balaban J connectivity index is 1.95. The molecule has 1 heterocycles. The Labute approximate surface area is 98.6 Å². The molecule has 0 radical (unpaired) electrons. The van der Waals surface area contributed by atoms with Crippen molar-refractivity contribution in [2.24, 2.45) is 0 Å². The van der Waals surface area contributed by atoms with Gasteiger partial charge in [-0.05, 0) is 19.3 Å². The van der Waals surface area contributed by atoms with Gasteiger partial charge in [0, 0.05) is 26.3 Å². The van der Waals surface area contributed by atoms with Gasteiger partial charge in [0.05, 0.1) is 25.9 Å². The molecule has 16 heavy (non-hydrogen) atoms. The molecule has 1 saturated heterocycles. The first-order valence-electron chi connectivity index (χ1n) is 6.28. The van der Waals surface area contributed by atoms with Crippen molar-refractivity contribution in [1.82, 2.24) is 5.32 Å². The van der Waals surface area contributed by atoms with Gasteiger partial charge in [0.25, 0.3) is 0 Å². The quantitative estimate of drug-likeness (QED) is 0.637. The molecule has 0 aromatic rings. The summed E-state index contributed by atoms with van der Waals surface area (Å²) in [6.45, 7) is 6.11. The third kappa shape index (κ3) is 5.80. The molecule has 0 saturated carbocycles. The standard InChI is InChI=1S/C12H25NO3/c1-3-12-10-11(4-6-16-12)13-5-7-15-9-8-14-2/h11-13H,3-10H2,1-2H3. The topological polar surface area (TPSA) is 39.7 Å². The molecule has 0 bridgehead atoms. The first-order chi connectivity index (χ1) is 7.86. The maximum atomic E-state index is 5.63. The number of rotatable bonds is 8.